The number of rotatable bonds is 4. The molecule has 4 heteroatoms. The van der Waals surface area contributed by atoms with Crippen LogP contribution in [0.4, 0.5) is 0 Å². The molecule has 0 aromatic carbocycles. The van der Waals surface area contributed by atoms with E-state index in [1.54, 1.807) is 0 Å². The predicted molar refractivity (Wildman–Crippen MR) is 55.1 cm³/mol. The molecule has 0 spiro atoms. The van der Waals surface area contributed by atoms with Crippen molar-refractivity contribution in [2.75, 3.05) is 34.3 Å². The third kappa shape index (κ3) is 3.27. The molecule has 0 aromatic rings. The van der Waals surface area contributed by atoms with E-state index < -0.39 is 0 Å². The van der Waals surface area contributed by atoms with Crippen LogP contribution in [0.15, 0.2) is 0 Å². The molecule has 82 valence electrons. The van der Waals surface area contributed by atoms with Crippen molar-refractivity contribution in [2.45, 2.75) is 18.9 Å². The molecule has 1 fully saturated rings. The summed E-state index contributed by atoms with van der Waals surface area (Å²) in [5.41, 5.74) is 0. The van der Waals surface area contributed by atoms with E-state index in [2.05, 4.69) is 24.3 Å². The lowest BCUT2D eigenvalue weighted by Gasteiger charge is -2.14. The SMILES string of the molecule is COC(=O)C1CNC(CCN(C)C)C1. The second-order valence-electron chi connectivity index (χ2n) is 4.15. The number of methoxy groups -OCH3 is 1. The summed E-state index contributed by atoms with van der Waals surface area (Å²) < 4.78 is 4.72. The van der Waals surface area contributed by atoms with E-state index >= 15 is 0 Å². The van der Waals surface area contributed by atoms with E-state index in [4.69, 9.17) is 4.74 Å². The molecule has 1 aliphatic rings. The maximum absolute atomic E-state index is 11.2. The third-order valence-corrected chi connectivity index (χ3v) is 2.68. The van der Waals surface area contributed by atoms with Gasteiger partial charge in [0.15, 0.2) is 0 Å². The lowest BCUT2D eigenvalue weighted by molar-refractivity contribution is -0.144. The monoisotopic (exact) mass is 200 g/mol. The zero-order valence-electron chi connectivity index (χ0n) is 9.25. The minimum atomic E-state index is -0.0788. The highest BCUT2D eigenvalue weighted by Crippen LogP contribution is 2.17. The fourth-order valence-electron chi connectivity index (χ4n) is 1.80. The fraction of sp³-hybridized carbons (Fsp3) is 0.900. The number of carbonyl (C=O) groups excluding carboxylic acids is 1. The Hall–Kier alpha value is -0.610. The molecule has 0 aromatic heterocycles. The number of ether oxygens (including phenoxy) is 1. The summed E-state index contributed by atoms with van der Waals surface area (Å²) >= 11 is 0. The molecule has 4 nitrogen and oxygen atoms in total. The minimum absolute atomic E-state index is 0.0622. The molecule has 2 unspecified atom stereocenters. The molecule has 0 amide bonds. The smallest absolute Gasteiger partial charge is 0.310 e. The summed E-state index contributed by atoms with van der Waals surface area (Å²) in [5.74, 6) is -0.0167. The summed E-state index contributed by atoms with van der Waals surface area (Å²) in [4.78, 5) is 13.4. The summed E-state index contributed by atoms with van der Waals surface area (Å²) in [5, 5.41) is 3.35. The standard InChI is InChI=1S/C10H20N2O2/c1-12(2)5-4-9-6-8(7-11-9)10(13)14-3/h8-9,11H,4-7H2,1-3H3. The van der Waals surface area contributed by atoms with Crippen molar-refractivity contribution in [2.24, 2.45) is 5.92 Å². The Bertz CT molecular complexity index is 195. The lowest BCUT2D eigenvalue weighted by atomic mass is 10.0. The maximum Gasteiger partial charge on any atom is 0.310 e. The van der Waals surface area contributed by atoms with Gasteiger partial charge in [0.2, 0.25) is 0 Å². The van der Waals surface area contributed by atoms with Gasteiger partial charge in [0.1, 0.15) is 0 Å². The van der Waals surface area contributed by atoms with Gasteiger partial charge >= 0.3 is 5.97 Å². The van der Waals surface area contributed by atoms with Crippen LogP contribution in [-0.4, -0.2) is 51.2 Å². The average Bonchev–Trinajstić information content (AvgIpc) is 2.62. The van der Waals surface area contributed by atoms with Crippen molar-refractivity contribution in [3.8, 4) is 0 Å². The number of nitrogens with zero attached hydrogens (tertiary/aromatic N) is 1. The summed E-state index contributed by atoms with van der Waals surface area (Å²) in [7, 11) is 5.58. The molecule has 14 heavy (non-hydrogen) atoms. The van der Waals surface area contributed by atoms with Crippen LogP contribution in [0.5, 0.6) is 0 Å². The van der Waals surface area contributed by atoms with Crippen LogP contribution in [0, 0.1) is 5.92 Å². The summed E-state index contributed by atoms with van der Waals surface area (Å²) in [6.07, 6.45) is 2.01. The molecule has 0 radical (unpaired) electrons. The Balaban J connectivity index is 2.23. The van der Waals surface area contributed by atoms with Crippen molar-refractivity contribution < 1.29 is 9.53 Å². The summed E-state index contributed by atoms with van der Waals surface area (Å²) in [6.45, 7) is 1.83. The lowest BCUT2D eigenvalue weighted by Crippen LogP contribution is -2.26. The van der Waals surface area contributed by atoms with E-state index in [1.165, 1.54) is 7.11 Å². The predicted octanol–water partition coefficient (Wildman–Crippen LogP) is 0.0892. The minimum Gasteiger partial charge on any atom is -0.469 e. The number of carbonyl (C=O) groups is 1. The summed E-state index contributed by atoms with van der Waals surface area (Å²) in [6, 6.07) is 0.474. The highest BCUT2D eigenvalue weighted by molar-refractivity contribution is 5.73. The number of hydrogen-bond acceptors (Lipinski definition) is 4. The molecule has 0 saturated carbocycles. The average molecular weight is 200 g/mol. The highest BCUT2D eigenvalue weighted by atomic mass is 16.5. The molecule has 1 aliphatic heterocycles. The van der Waals surface area contributed by atoms with E-state index in [-0.39, 0.29) is 11.9 Å². The maximum atomic E-state index is 11.2. The van der Waals surface area contributed by atoms with Gasteiger partial charge in [0.05, 0.1) is 13.0 Å². The Morgan fingerprint density at radius 3 is 2.86 bits per heavy atom. The topological polar surface area (TPSA) is 41.6 Å². The van der Waals surface area contributed by atoms with Crippen LogP contribution < -0.4 is 5.32 Å². The zero-order chi connectivity index (χ0) is 10.6. The third-order valence-electron chi connectivity index (χ3n) is 2.68. The van der Waals surface area contributed by atoms with Crippen molar-refractivity contribution in [3.05, 3.63) is 0 Å². The van der Waals surface area contributed by atoms with Crippen molar-refractivity contribution in [1.82, 2.24) is 10.2 Å². The number of nitrogens with one attached hydrogen (secondary N) is 1. The van der Waals surface area contributed by atoms with Crippen molar-refractivity contribution in [3.63, 3.8) is 0 Å². The number of esters is 1. The first-order valence-corrected chi connectivity index (χ1v) is 5.09. The van der Waals surface area contributed by atoms with Crippen LogP contribution in [0.1, 0.15) is 12.8 Å². The van der Waals surface area contributed by atoms with E-state index in [0.717, 1.165) is 25.9 Å². The van der Waals surface area contributed by atoms with Crippen LogP contribution in [0.2, 0.25) is 0 Å². The molecule has 2 atom stereocenters. The first-order valence-electron chi connectivity index (χ1n) is 5.09. The molecule has 0 bridgehead atoms. The quantitative estimate of drug-likeness (QED) is 0.653. The van der Waals surface area contributed by atoms with Gasteiger partial charge in [-0.1, -0.05) is 0 Å². The van der Waals surface area contributed by atoms with Gasteiger partial charge in [-0.25, -0.2) is 0 Å². The zero-order valence-corrected chi connectivity index (χ0v) is 9.25. The Kier molecular flexibility index (Phi) is 4.35. The van der Waals surface area contributed by atoms with Crippen LogP contribution in [0.3, 0.4) is 0 Å². The molecule has 1 heterocycles. The second kappa shape index (κ2) is 5.32. The molecule has 1 rings (SSSR count). The van der Waals surface area contributed by atoms with Gasteiger partial charge in [-0.05, 0) is 33.5 Å². The molecule has 1 N–H and O–H groups in total. The van der Waals surface area contributed by atoms with Crippen LogP contribution >= 0.6 is 0 Å². The van der Waals surface area contributed by atoms with E-state index in [1.807, 2.05) is 0 Å². The van der Waals surface area contributed by atoms with Gasteiger partial charge in [0, 0.05) is 12.6 Å². The molecule has 1 saturated heterocycles. The largest absolute Gasteiger partial charge is 0.469 e. The first-order chi connectivity index (χ1) is 6.63. The molecular formula is C10H20N2O2. The van der Waals surface area contributed by atoms with Crippen molar-refractivity contribution in [1.29, 1.82) is 0 Å². The normalized spacial score (nSPS) is 26.9. The molecular weight excluding hydrogens is 180 g/mol. The van der Waals surface area contributed by atoms with E-state index in [0.29, 0.717) is 6.04 Å². The van der Waals surface area contributed by atoms with Gasteiger partial charge in [-0.2, -0.15) is 0 Å². The van der Waals surface area contributed by atoms with Crippen LogP contribution in [0.25, 0.3) is 0 Å². The van der Waals surface area contributed by atoms with Gasteiger partial charge in [-0.3, -0.25) is 4.79 Å². The molecule has 0 aliphatic carbocycles. The number of hydrogen-bond donors (Lipinski definition) is 1. The van der Waals surface area contributed by atoms with E-state index in [9.17, 15) is 4.79 Å². The van der Waals surface area contributed by atoms with Gasteiger partial charge < -0.3 is 15.0 Å². The van der Waals surface area contributed by atoms with Crippen LogP contribution in [-0.2, 0) is 9.53 Å². The Labute approximate surface area is 85.6 Å². The first kappa shape index (κ1) is 11.5. The van der Waals surface area contributed by atoms with Crippen molar-refractivity contribution >= 4 is 5.97 Å². The highest BCUT2D eigenvalue weighted by Gasteiger charge is 2.29. The Morgan fingerprint density at radius 2 is 2.29 bits per heavy atom. The fourth-order valence-corrected chi connectivity index (χ4v) is 1.80. The second-order valence-corrected chi connectivity index (χ2v) is 4.15. The van der Waals surface area contributed by atoms with Gasteiger partial charge in [-0.15, -0.1) is 0 Å². The Morgan fingerprint density at radius 1 is 1.57 bits per heavy atom. The van der Waals surface area contributed by atoms with Gasteiger partial charge in [0.25, 0.3) is 0 Å².